The number of likely N-dealkylation sites (N-methyl/N-ethyl adjacent to an activating group) is 1. The Labute approximate surface area is 125 Å². The van der Waals surface area contributed by atoms with E-state index < -0.39 is 0 Å². The zero-order valence-electron chi connectivity index (χ0n) is 12.8. The standard InChI is InChI=1S/C16H23N5/c1-21(2)16(9-5-6-10-16)11-18-14-12-7-3-4-8-13(12)19-15(17)20-14/h3-4,7-8H,5-6,9-11H2,1-2H3,(H3,17,18,19,20). The van der Waals surface area contributed by atoms with Gasteiger partial charge in [-0.25, -0.2) is 4.98 Å². The first-order valence-electron chi connectivity index (χ1n) is 7.54. The number of anilines is 2. The number of benzene rings is 1. The van der Waals surface area contributed by atoms with Crippen LogP contribution in [0.3, 0.4) is 0 Å². The summed E-state index contributed by atoms with van der Waals surface area (Å²) in [7, 11) is 4.33. The predicted molar refractivity (Wildman–Crippen MR) is 87.3 cm³/mol. The highest BCUT2D eigenvalue weighted by molar-refractivity contribution is 5.89. The fourth-order valence-corrected chi connectivity index (χ4v) is 3.29. The number of para-hydroxylation sites is 1. The molecule has 1 saturated carbocycles. The van der Waals surface area contributed by atoms with Gasteiger partial charge in [0, 0.05) is 17.5 Å². The average Bonchev–Trinajstić information content (AvgIpc) is 2.95. The van der Waals surface area contributed by atoms with E-state index in [2.05, 4.69) is 34.3 Å². The van der Waals surface area contributed by atoms with Crippen molar-refractivity contribution >= 4 is 22.7 Å². The summed E-state index contributed by atoms with van der Waals surface area (Å²) in [6.07, 6.45) is 5.05. The van der Waals surface area contributed by atoms with Crippen molar-refractivity contribution in [1.29, 1.82) is 0 Å². The summed E-state index contributed by atoms with van der Waals surface area (Å²) < 4.78 is 0. The second-order valence-corrected chi connectivity index (χ2v) is 6.13. The fraction of sp³-hybridized carbons (Fsp3) is 0.500. The molecule has 21 heavy (non-hydrogen) atoms. The van der Waals surface area contributed by atoms with Crippen molar-refractivity contribution in [3.05, 3.63) is 24.3 Å². The molecule has 1 aromatic heterocycles. The predicted octanol–water partition coefficient (Wildman–Crippen LogP) is 2.50. The Balaban J connectivity index is 1.88. The van der Waals surface area contributed by atoms with Crippen LogP contribution in [0.15, 0.2) is 24.3 Å². The molecular weight excluding hydrogens is 262 g/mol. The summed E-state index contributed by atoms with van der Waals surface area (Å²) in [4.78, 5) is 11.0. The lowest BCUT2D eigenvalue weighted by Crippen LogP contribution is -2.47. The van der Waals surface area contributed by atoms with Gasteiger partial charge in [-0.05, 0) is 39.1 Å². The van der Waals surface area contributed by atoms with Crippen LogP contribution in [-0.2, 0) is 0 Å². The summed E-state index contributed by atoms with van der Waals surface area (Å²) in [6, 6.07) is 7.98. The monoisotopic (exact) mass is 285 g/mol. The van der Waals surface area contributed by atoms with E-state index in [0.717, 1.165) is 23.3 Å². The maximum absolute atomic E-state index is 5.83. The van der Waals surface area contributed by atoms with Crippen molar-refractivity contribution in [2.24, 2.45) is 0 Å². The highest BCUT2D eigenvalue weighted by atomic mass is 15.2. The van der Waals surface area contributed by atoms with Crippen LogP contribution >= 0.6 is 0 Å². The van der Waals surface area contributed by atoms with Crippen molar-refractivity contribution in [1.82, 2.24) is 14.9 Å². The Hall–Kier alpha value is -1.88. The molecule has 5 heteroatoms. The molecule has 0 atom stereocenters. The quantitative estimate of drug-likeness (QED) is 0.903. The third-order valence-electron chi connectivity index (χ3n) is 4.69. The van der Waals surface area contributed by atoms with Crippen molar-refractivity contribution < 1.29 is 0 Å². The van der Waals surface area contributed by atoms with Crippen molar-refractivity contribution in [2.45, 2.75) is 31.2 Å². The van der Waals surface area contributed by atoms with Gasteiger partial charge in [0.1, 0.15) is 5.82 Å². The number of nitrogens with two attached hydrogens (primary N) is 1. The van der Waals surface area contributed by atoms with Crippen LogP contribution in [0.5, 0.6) is 0 Å². The number of rotatable bonds is 4. The van der Waals surface area contributed by atoms with Crippen LogP contribution in [0.2, 0.25) is 0 Å². The number of nitrogens with zero attached hydrogens (tertiary/aromatic N) is 3. The van der Waals surface area contributed by atoms with Gasteiger partial charge in [-0.3, -0.25) is 0 Å². The highest BCUT2D eigenvalue weighted by Gasteiger charge is 2.35. The van der Waals surface area contributed by atoms with E-state index in [1.165, 1.54) is 25.7 Å². The van der Waals surface area contributed by atoms with Gasteiger partial charge in [0.25, 0.3) is 0 Å². The van der Waals surface area contributed by atoms with Crippen LogP contribution in [0.25, 0.3) is 10.9 Å². The molecule has 1 aliphatic rings. The van der Waals surface area contributed by atoms with Gasteiger partial charge in [0.15, 0.2) is 0 Å². The first kappa shape index (κ1) is 14.1. The van der Waals surface area contributed by atoms with Crippen molar-refractivity contribution in [3.63, 3.8) is 0 Å². The lowest BCUT2D eigenvalue weighted by molar-refractivity contribution is 0.172. The third kappa shape index (κ3) is 2.65. The second-order valence-electron chi connectivity index (χ2n) is 6.13. The van der Waals surface area contributed by atoms with E-state index in [0.29, 0.717) is 5.95 Å². The summed E-state index contributed by atoms with van der Waals surface area (Å²) >= 11 is 0. The van der Waals surface area contributed by atoms with E-state index in [1.54, 1.807) is 0 Å². The molecular formula is C16H23N5. The molecule has 0 unspecified atom stereocenters. The summed E-state index contributed by atoms with van der Waals surface area (Å²) in [6.45, 7) is 0.889. The molecule has 3 rings (SSSR count). The van der Waals surface area contributed by atoms with Crippen LogP contribution in [0, 0.1) is 0 Å². The maximum Gasteiger partial charge on any atom is 0.222 e. The van der Waals surface area contributed by atoms with E-state index in [-0.39, 0.29) is 5.54 Å². The van der Waals surface area contributed by atoms with Gasteiger partial charge in [-0.1, -0.05) is 25.0 Å². The maximum atomic E-state index is 5.83. The minimum absolute atomic E-state index is 0.223. The molecule has 1 aliphatic carbocycles. The Kier molecular flexibility index (Phi) is 3.68. The van der Waals surface area contributed by atoms with E-state index in [9.17, 15) is 0 Å². The Bertz CT molecular complexity index is 632. The molecule has 112 valence electrons. The van der Waals surface area contributed by atoms with Gasteiger partial charge < -0.3 is 16.0 Å². The zero-order valence-corrected chi connectivity index (χ0v) is 12.8. The summed E-state index contributed by atoms with van der Waals surface area (Å²) in [5.74, 6) is 1.16. The Morgan fingerprint density at radius 3 is 2.62 bits per heavy atom. The minimum atomic E-state index is 0.223. The van der Waals surface area contributed by atoms with Gasteiger partial charge >= 0.3 is 0 Å². The average molecular weight is 285 g/mol. The van der Waals surface area contributed by atoms with E-state index in [4.69, 9.17) is 5.73 Å². The number of aromatic nitrogens is 2. The molecule has 3 N–H and O–H groups in total. The molecule has 0 bridgehead atoms. The molecule has 0 saturated heterocycles. The fourth-order valence-electron chi connectivity index (χ4n) is 3.29. The van der Waals surface area contributed by atoms with Crippen LogP contribution in [-0.4, -0.2) is 41.0 Å². The molecule has 5 nitrogen and oxygen atoms in total. The Morgan fingerprint density at radius 2 is 1.90 bits per heavy atom. The number of hydrogen-bond acceptors (Lipinski definition) is 5. The minimum Gasteiger partial charge on any atom is -0.368 e. The van der Waals surface area contributed by atoms with Crippen LogP contribution < -0.4 is 11.1 Å². The number of fused-ring (bicyclic) bond motifs is 1. The number of hydrogen-bond donors (Lipinski definition) is 2. The topological polar surface area (TPSA) is 67.1 Å². The molecule has 0 radical (unpaired) electrons. The van der Waals surface area contributed by atoms with E-state index in [1.807, 2.05) is 24.3 Å². The molecule has 1 aromatic carbocycles. The van der Waals surface area contributed by atoms with E-state index >= 15 is 0 Å². The van der Waals surface area contributed by atoms with Crippen molar-refractivity contribution in [2.75, 3.05) is 31.7 Å². The number of nitrogen functional groups attached to an aromatic ring is 1. The van der Waals surface area contributed by atoms with Crippen LogP contribution in [0.1, 0.15) is 25.7 Å². The smallest absolute Gasteiger partial charge is 0.222 e. The first-order valence-corrected chi connectivity index (χ1v) is 7.54. The van der Waals surface area contributed by atoms with Gasteiger partial charge in [-0.2, -0.15) is 4.98 Å². The molecule has 0 aliphatic heterocycles. The Morgan fingerprint density at radius 1 is 1.19 bits per heavy atom. The lowest BCUT2D eigenvalue weighted by Gasteiger charge is -2.36. The van der Waals surface area contributed by atoms with Crippen molar-refractivity contribution in [3.8, 4) is 0 Å². The summed E-state index contributed by atoms with van der Waals surface area (Å²) in [5, 5.41) is 4.55. The first-order chi connectivity index (χ1) is 10.1. The van der Waals surface area contributed by atoms with Gasteiger partial charge in [0.05, 0.1) is 5.52 Å². The normalized spacial score (nSPS) is 17.5. The van der Waals surface area contributed by atoms with Gasteiger partial charge in [0.2, 0.25) is 5.95 Å². The zero-order chi connectivity index (χ0) is 14.9. The lowest BCUT2D eigenvalue weighted by atomic mass is 9.96. The summed E-state index contributed by atoms with van der Waals surface area (Å²) in [5.41, 5.74) is 6.94. The number of nitrogens with one attached hydrogen (secondary N) is 1. The molecule has 2 aromatic rings. The van der Waals surface area contributed by atoms with Crippen LogP contribution in [0.4, 0.5) is 11.8 Å². The SMILES string of the molecule is CN(C)C1(CNc2nc(N)nc3ccccc23)CCCC1. The molecule has 1 heterocycles. The van der Waals surface area contributed by atoms with Gasteiger partial charge in [-0.15, -0.1) is 0 Å². The third-order valence-corrected chi connectivity index (χ3v) is 4.69. The largest absolute Gasteiger partial charge is 0.368 e. The second kappa shape index (κ2) is 5.48. The molecule has 1 fully saturated rings. The molecule has 0 amide bonds. The molecule has 0 spiro atoms. The highest BCUT2D eigenvalue weighted by Crippen LogP contribution is 2.34.